The fourth-order valence-corrected chi connectivity index (χ4v) is 3.49. The van der Waals surface area contributed by atoms with Crippen molar-refractivity contribution in [3.63, 3.8) is 0 Å². The average molecular weight is 421 g/mol. The van der Waals surface area contributed by atoms with Gasteiger partial charge in [0.2, 0.25) is 10.0 Å². The number of nitrogen functional groups attached to an aromatic ring is 1. The molecular weight excluding hydrogens is 400 g/mol. The van der Waals surface area contributed by atoms with E-state index in [2.05, 4.69) is 25.6 Å². The molecule has 0 bridgehead atoms. The van der Waals surface area contributed by atoms with Crippen LogP contribution in [0.3, 0.4) is 0 Å². The standard InChI is InChI=1S/C14H21BrN4O4S/c1-14(2,3)23-13(20)19(10-4-5-10)8-18-24(21,22)11-6-9(15)7-17-12(11)16/h6-7,10,18H,4-5,8H2,1-3H3,(H2,16,17). The monoisotopic (exact) mass is 420 g/mol. The summed E-state index contributed by atoms with van der Waals surface area (Å²) in [5.41, 5.74) is 4.99. The molecule has 1 heterocycles. The van der Waals surface area contributed by atoms with Gasteiger partial charge >= 0.3 is 6.09 Å². The van der Waals surface area contributed by atoms with Gasteiger partial charge in [-0.05, 0) is 55.6 Å². The maximum Gasteiger partial charge on any atom is 0.411 e. The average Bonchev–Trinajstić information content (AvgIpc) is 3.24. The van der Waals surface area contributed by atoms with E-state index in [9.17, 15) is 13.2 Å². The molecule has 1 amide bonds. The number of anilines is 1. The van der Waals surface area contributed by atoms with Crippen LogP contribution >= 0.6 is 15.9 Å². The summed E-state index contributed by atoms with van der Waals surface area (Å²) in [4.78, 5) is 17.3. The van der Waals surface area contributed by atoms with E-state index < -0.39 is 21.7 Å². The summed E-state index contributed by atoms with van der Waals surface area (Å²) in [6.45, 7) is 5.09. The lowest BCUT2D eigenvalue weighted by Gasteiger charge is -2.27. The molecule has 1 fully saturated rings. The Balaban J connectivity index is 2.11. The molecule has 24 heavy (non-hydrogen) atoms. The third kappa shape index (κ3) is 5.05. The number of nitrogens with one attached hydrogen (secondary N) is 1. The number of carbonyl (C=O) groups excluding carboxylic acids is 1. The topological polar surface area (TPSA) is 115 Å². The van der Waals surface area contributed by atoms with E-state index in [4.69, 9.17) is 10.5 Å². The molecule has 1 aromatic heterocycles. The number of aromatic nitrogens is 1. The first kappa shape index (κ1) is 18.9. The first-order valence-electron chi connectivity index (χ1n) is 7.40. The van der Waals surface area contributed by atoms with E-state index in [1.165, 1.54) is 17.2 Å². The second kappa shape index (κ2) is 6.85. The van der Waals surface area contributed by atoms with Gasteiger partial charge in [-0.15, -0.1) is 0 Å². The SMILES string of the molecule is CC(C)(C)OC(=O)N(CNS(=O)(=O)c1cc(Br)cnc1N)C1CC1. The first-order valence-corrected chi connectivity index (χ1v) is 9.67. The largest absolute Gasteiger partial charge is 0.444 e. The molecule has 8 nitrogen and oxygen atoms in total. The molecule has 0 saturated heterocycles. The maximum atomic E-state index is 12.4. The smallest absolute Gasteiger partial charge is 0.411 e. The number of nitrogens with two attached hydrogens (primary N) is 1. The lowest BCUT2D eigenvalue weighted by atomic mass is 10.2. The summed E-state index contributed by atoms with van der Waals surface area (Å²) in [7, 11) is -3.91. The third-order valence-corrected chi connectivity index (χ3v) is 5.03. The van der Waals surface area contributed by atoms with Crippen molar-refractivity contribution >= 4 is 37.9 Å². The molecule has 1 aliphatic rings. The van der Waals surface area contributed by atoms with E-state index in [1.54, 1.807) is 20.8 Å². The Morgan fingerprint density at radius 3 is 2.67 bits per heavy atom. The number of hydrogen-bond acceptors (Lipinski definition) is 6. The summed E-state index contributed by atoms with van der Waals surface area (Å²) in [5, 5.41) is 0. The zero-order valence-electron chi connectivity index (χ0n) is 13.7. The van der Waals surface area contributed by atoms with Crippen LogP contribution in [-0.4, -0.2) is 42.7 Å². The van der Waals surface area contributed by atoms with Gasteiger partial charge in [0.05, 0.1) is 6.67 Å². The minimum Gasteiger partial charge on any atom is -0.444 e. The summed E-state index contributed by atoms with van der Waals surface area (Å²) in [6.07, 6.45) is 2.50. The predicted octanol–water partition coefficient (Wildman–Crippen LogP) is 2.06. The first-order chi connectivity index (χ1) is 11.0. The number of rotatable bonds is 5. The van der Waals surface area contributed by atoms with Crippen molar-refractivity contribution in [3.8, 4) is 0 Å². The molecule has 134 valence electrons. The second-order valence-electron chi connectivity index (χ2n) is 6.52. The summed E-state index contributed by atoms with van der Waals surface area (Å²) >= 11 is 3.16. The van der Waals surface area contributed by atoms with Crippen LogP contribution in [0.25, 0.3) is 0 Å². The Morgan fingerprint density at radius 2 is 2.12 bits per heavy atom. The number of carbonyl (C=O) groups is 1. The van der Waals surface area contributed by atoms with Crippen LogP contribution in [0, 0.1) is 0 Å². The van der Waals surface area contributed by atoms with Crippen molar-refractivity contribution in [1.82, 2.24) is 14.6 Å². The highest BCUT2D eigenvalue weighted by atomic mass is 79.9. The number of nitrogens with zero attached hydrogens (tertiary/aromatic N) is 2. The lowest BCUT2D eigenvalue weighted by molar-refractivity contribution is 0.0231. The van der Waals surface area contributed by atoms with Crippen LogP contribution < -0.4 is 10.5 Å². The summed E-state index contributed by atoms with van der Waals surface area (Å²) in [5.74, 6) is -0.110. The predicted molar refractivity (Wildman–Crippen MR) is 92.6 cm³/mol. The van der Waals surface area contributed by atoms with Gasteiger partial charge in [0.1, 0.15) is 16.3 Å². The Hall–Kier alpha value is -1.39. The molecule has 1 aliphatic carbocycles. The second-order valence-corrected chi connectivity index (χ2v) is 9.18. The Bertz CT molecular complexity index is 729. The molecule has 10 heteroatoms. The molecule has 0 spiro atoms. The number of ether oxygens (including phenoxy) is 1. The normalized spacial score (nSPS) is 15.2. The molecule has 0 radical (unpaired) electrons. The zero-order valence-corrected chi connectivity index (χ0v) is 16.1. The van der Waals surface area contributed by atoms with Crippen LogP contribution in [0.5, 0.6) is 0 Å². The molecule has 0 aliphatic heterocycles. The van der Waals surface area contributed by atoms with Crippen molar-refractivity contribution < 1.29 is 17.9 Å². The van der Waals surface area contributed by atoms with Crippen LogP contribution in [0.15, 0.2) is 21.6 Å². The quantitative estimate of drug-likeness (QED) is 0.704. The number of halogens is 1. The number of sulfonamides is 1. The van der Waals surface area contributed by atoms with Crippen LogP contribution in [-0.2, 0) is 14.8 Å². The minimum absolute atomic E-state index is 0.0134. The number of amides is 1. The molecule has 2 rings (SSSR count). The Labute approximate surface area is 149 Å². The van der Waals surface area contributed by atoms with E-state index >= 15 is 0 Å². The summed E-state index contributed by atoms with van der Waals surface area (Å²) in [6, 6.07) is 1.35. The van der Waals surface area contributed by atoms with Crippen LogP contribution in [0.1, 0.15) is 33.6 Å². The van der Waals surface area contributed by atoms with Crippen molar-refractivity contribution in [2.45, 2.75) is 50.2 Å². The minimum atomic E-state index is -3.91. The molecule has 0 atom stereocenters. The van der Waals surface area contributed by atoms with Gasteiger partial charge in [0.15, 0.2) is 0 Å². The zero-order chi connectivity index (χ0) is 18.1. The van der Waals surface area contributed by atoms with Gasteiger partial charge in [-0.2, -0.15) is 4.72 Å². The fourth-order valence-electron chi connectivity index (χ4n) is 1.93. The van der Waals surface area contributed by atoms with Gasteiger partial charge in [0, 0.05) is 16.7 Å². The summed E-state index contributed by atoms with van der Waals surface area (Å²) < 4.78 is 33.1. The van der Waals surface area contributed by atoms with Gasteiger partial charge in [-0.1, -0.05) is 0 Å². The number of hydrogen-bond donors (Lipinski definition) is 2. The molecule has 0 unspecified atom stereocenters. The highest BCUT2D eigenvalue weighted by Crippen LogP contribution is 2.28. The van der Waals surface area contributed by atoms with Crippen LogP contribution in [0.4, 0.5) is 10.6 Å². The van der Waals surface area contributed by atoms with E-state index in [0.29, 0.717) is 4.47 Å². The Morgan fingerprint density at radius 1 is 1.50 bits per heavy atom. The number of pyridine rings is 1. The van der Waals surface area contributed by atoms with Crippen molar-refractivity contribution in [3.05, 3.63) is 16.7 Å². The van der Waals surface area contributed by atoms with Gasteiger partial charge < -0.3 is 10.5 Å². The maximum absolute atomic E-state index is 12.4. The molecular formula is C14H21BrN4O4S. The molecule has 3 N–H and O–H groups in total. The van der Waals surface area contributed by atoms with E-state index in [1.807, 2.05) is 0 Å². The molecule has 0 aromatic carbocycles. The highest BCUT2D eigenvalue weighted by Gasteiger charge is 2.36. The molecule has 1 saturated carbocycles. The molecule has 1 aromatic rings. The van der Waals surface area contributed by atoms with Crippen molar-refractivity contribution in [1.29, 1.82) is 0 Å². The Kier molecular flexibility index (Phi) is 5.41. The third-order valence-electron chi connectivity index (χ3n) is 3.18. The van der Waals surface area contributed by atoms with Crippen molar-refractivity contribution in [2.75, 3.05) is 12.4 Å². The highest BCUT2D eigenvalue weighted by molar-refractivity contribution is 9.10. The lowest BCUT2D eigenvalue weighted by Crippen LogP contribution is -2.45. The fraction of sp³-hybridized carbons (Fsp3) is 0.571. The van der Waals surface area contributed by atoms with Crippen molar-refractivity contribution in [2.24, 2.45) is 0 Å². The van der Waals surface area contributed by atoms with Gasteiger partial charge in [0.25, 0.3) is 0 Å². The van der Waals surface area contributed by atoms with E-state index in [-0.39, 0.29) is 23.4 Å². The van der Waals surface area contributed by atoms with Gasteiger partial charge in [-0.25, -0.2) is 18.2 Å². The van der Waals surface area contributed by atoms with E-state index in [0.717, 1.165) is 12.8 Å². The van der Waals surface area contributed by atoms with Crippen LogP contribution in [0.2, 0.25) is 0 Å². The van der Waals surface area contributed by atoms with Gasteiger partial charge in [-0.3, -0.25) is 4.90 Å².